The van der Waals surface area contributed by atoms with Gasteiger partial charge in [-0.1, -0.05) is 0 Å². The molecule has 10 heavy (non-hydrogen) atoms. The van der Waals surface area contributed by atoms with E-state index in [1.165, 1.54) is 0 Å². The van der Waals surface area contributed by atoms with Crippen molar-refractivity contribution < 1.29 is 9.59 Å². The van der Waals surface area contributed by atoms with Gasteiger partial charge in [-0.05, 0) is 6.42 Å². The second kappa shape index (κ2) is 3.76. The fourth-order valence-electron chi connectivity index (χ4n) is 1.09. The van der Waals surface area contributed by atoms with Gasteiger partial charge in [-0.2, -0.15) is 11.8 Å². The Morgan fingerprint density at radius 1 is 1.10 bits per heavy atom. The molecular weight excluding hydrogens is 148 g/mol. The third-order valence-corrected chi connectivity index (χ3v) is 2.98. The average Bonchev–Trinajstić information content (AvgIpc) is 2.05. The van der Waals surface area contributed by atoms with Crippen LogP contribution in [0.3, 0.4) is 0 Å². The van der Waals surface area contributed by atoms with Gasteiger partial charge < -0.3 is 9.59 Å². The maximum Gasteiger partial charge on any atom is 0.123 e. The minimum atomic E-state index is 0.119. The molecule has 1 heterocycles. The minimum Gasteiger partial charge on any atom is -0.303 e. The second-order valence-electron chi connectivity index (χ2n) is 2.57. The quantitative estimate of drug-likeness (QED) is 0.556. The van der Waals surface area contributed by atoms with Crippen LogP contribution in [-0.4, -0.2) is 24.1 Å². The molecule has 0 radical (unpaired) electrons. The minimum absolute atomic E-state index is 0.119. The van der Waals surface area contributed by atoms with Crippen molar-refractivity contribution in [2.75, 3.05) is 11.5 Å². The van der Waals surface area contributed by atoms with Crippen molar-refractivity contribution in [2.24, 2.45) is 11.8 Å². The zero-order valence-corrected chi connectivity index (χ0v) is 6.47. The number of rotatable bonds is 2. The number of carbonyl (C=O) groups is 2. The maximum atomic E-state index is 10.3. The Kier molecular flexibility index (Phi) is 2.93. The highest BCUT2D eigenvalue weighted by Gasteiger charge is 2.20. The molecule has 2 unspecified atom stereocenters. The Labute approximate surface area is 64.4 Å². The van der Waals surface area contributed by atoms with Crippen LogP contribution in [-0.2, 0) is 9.59 Å². The molecule has 1 aliphatic heterocycles. The first-order valence-electron chi connectivity index (χ1n) is 3.35. The van der Waals surface area contributed by atoms with Gasteiger partial charge in [0.25, 0.3) is 0 Å². The SMILES string of the molecule is O=CC1CSCC(C=O)C1. The molecule has 2 nitrogen and oxygen atoms in total. The van der Waals surface area contributed by atoms with E-state index < -0.39 is 0 Å². The Morgan fingerprint density at radius 3 is 2.00 bits per heavy atom. The van der Waals surface area contributed by atoms with E-state index in [1.807, 2.05) is 0 Å². The lowest BCUT2D eigenvalue weighted by Crippen LogP contribution is -2.21. The lowest BCUT2D eigenvalue weighted by atomic mass is 9.99. The molecule has 1 fully saturated rings. The van der Waals surface area contributed by atoms with Gasteiger partial charge in [0.1, 0.15) is 12.6 Å². The molecule has 0 saturated carbocycles. The Balaban J connectivity index is 2.38. The summed E-state index contributed by atoms with van der Waals surface area (Å²) in [6, 6.07) is 0. The predicted molar refractivity (Wildman–Crippen MR) is 41.1 cm³/mol. The van der Waals surface area contributed by atoms with E-state index in [2.05, 4.69) is 0 Å². The van der Waals surface area contributed by atoms with Crippen molar-refractivity contribution in [3.05, 3.63) is 0 Å². The van der Waals surface area contributed by atoms with Crippen LogP contribution in [0, 0.1) is 11.8 Å². The van der Waals surface area contributed by atoms with E-state index >= 15 is 0 Å². The van der Waals surface area contributed by atoms with Gasteiger partial charge in [0.2, 0.25) is 0 Å². The normalized spacial score (nSPS) is 33.2. The van der Waals surface area contributed by atoms with E-state index in [0.717, 1.165) is 30.5 Å². The number of hydrogen-bond acceptors (Lipinski definition) is 3. The Morgan fingerprint density at radius 2 is 1.60 bits per heavy atom. The average molecular weight is 158 g/mol. The molecule has 0 aliphatic carbocycles. The van der Waals surface area contributed by atoms with Crippen LogP contribution in [0.15, 0.2) is 0 Å². The molecular formula is C7H10O2S. The Bertz CT molecular complexity index is 122. The highest BCUT2D eigenvalue weighted by atomic mass is 32.2. The maximum absolute atomic E-state index is 10.3. The number of aldehydes is 2. The summed E-state index contributed by atoms with van der Waals surface area (Å²) < 4.78 is 0. The van der Waals surface area contributed by atoms with Gasteiger partial charge in [-0.15, -0.1) is 0 Å². The third-order valence-electron chi connectivity index (χ3n) is 1.65. The van der Waals surface area contributed by atoms with Crippen molar-refractivity contribution in [3.63, 3.8) is 0 Å². The van der Waals surface area contributed by atoms with Crippen LogP contribution in [0.2, 0.25) is 0 Å². The van der Waals surface area contributed by atoms with E-state index in [1.54, 1.807) is 11.8 Å². The summed E-state index contributed by atoms with van der Waals surface area (Å²) in [7, 11) is 0. The fourth-order valence-corrected chi connectivity index (χ4v) is 2.26. The molecule has 0 spiro atoms. The molecule has 2 atom stereocenters. The van der Waals surface area contributed by atoms with E-state index in [4.69, 9.17) is 0 Å². The van der Waals surface area contributed by atoms with Crippen LogP contribution in [0.1, 0.15) is 6.42 Å². The van der Waals surface area contributed by atoms with Gasteiger partial charge in [-0.25, -0.2) is 0 Å². The molecule has 1 rings (SSSR count). The first kappa shape index (κ1) is 7.79. The molecule has 0 N–H and O–H groups in total. The van der Waals surface area contributed by atoms with Gasteiger partial charge in [-0.3, -0.25) is 0 Å². The highest BCUT2D eigenvalue weighted by molar-refractivity contribution is 7.99. The van der Waals surface area contributed by atoms with Crippen LogP contribution in [0.5, 0.6) is 0 Å². The third kappa shape index (κ3) is 1.84. The van der Waals surface area contributed by atoms with Crippen LogP contribution in [0.4, 0.5) is 0 Å². The fraction of sp³-hybridized carbons (Fsp3) is 0.714. The molecule has 1 saturated heterocycles. The molecule has 0 amide bonds. The van der Waals surface area contributed by atoms with Crippen LogP contribution < -0.4 is 0 Å². The largest absolute Gasteiger partial charge is 0.303 e. The van der Waals surface area contributed by atoms with E-state index in [0.29, 0.717) is 0 Å². The zero-order chi connectivity index (χ0) is 7.40. The Hall–Kier alpha value is -0.310. The second-order valence-corrected chi connectivity index (χ2v) is 3.64. The van der Waals surface area contributed by atoms with E-state index in [-0.39, 0.29) is 11.8 Å². The smallest absolute Gasteiger partial charge is 0.123 e. The summed E-state index contributed by atoms with van der Waals surface area (Å²) in [5, 5.41) is 0. The highest BCUT2D eigenvalue weighted by Crippen LogP contribution is 2.24. The summed E-state index contributed by atoms with van der Waals surface area (Å²) in [6.45, 7) is 0. The van der Waals surface area contributed by atoms with E-state index in [9.17, 15) is 9.59 Å². The lowest BCUT2D eigenvalue weighted by Gasteiger charge is -2.20. The molecule has 0 aromatic heterocycles. The number of hydrogen-bond donors (Lipinski definition) is 0. The van der Waals surface area contributed by atoms with Gasteiger partial charge in [0.15, 0.2) is 0 Å². The topological polar surface area (TPSA) is 34.1 Å². The molecule has 56 valence electrons. The first-order valence-corrected chi connectivity index (χ1v) is 4.50. The number of carbonyl (C=O) groups excluding carboxylic acids is 2. The van der Waals surface area contributed by atoms with Gasteiger partial charge >= 0.3 is 0 Å². The molecule has 0 bridgehead atoms. The molecule has 3 heteroatoms. The van der Waals surface area contributed by atoms with Gasteiger partial charge in [0, 0.05) is 23.3 Å². The van der Waals surface area contributed by atoms with Crippen molar-refractivity contribution >= 4 is 24.3 Å². The van der Waals surface area contributed by atoms with Crippen molar-refractivity contribution in [3.8, 4) is 0 Å². The molecule has 0 aromatic rings. The van der Waals surface area contributed by atoms with Crippen molar-refractivity contribution in [1.29, 1.82) is 0 Å². The van der Waals surface area contributed by atoms with Crippen LogP contribution >= 0.6 is 11.8 Å². The summed E-state index contributed by atoms with van der Waals surface area (Å²) in [4.78, 5) is 20.6. The summed E-state index contributed by atoms with van der Waals surface area (Å²) in [5.74, 6) is 2.03. The van der Waals surface area contributed by atoms with Crippen molar-refractivity contribution in [2.45, 2.75) is 6.42 Å². The molecule has 0 aromatic carbocycles. The predicted octanol–water partition coefficient (Wildman–Crippen LogP) is 0.753. The summed E-state index contributed by atoms with van der Waals surface area (Å²) in [6.07, 6.45) is 2.69. The lowest BCUT2D eigenvalue weighted by molar-refractivity contribution is -0.113. The monoisotopic (exact) mass is 158 g/mol. The standard InChI is InChI=1S/C7H10O2S/c8-2-6-1-7(3-9)5-10-4-6/h2-3,6-7H,1,4-5H2. The summed E-state index contributed by atoms with van der Waals surface area (Å²) in [5.41, 5.74) is 0. The van der Waals surface area contributed by atoms with Gasteiger partial charge in [0.05, 0.1) is 0 Å². The zero-order valence-electron chi connectivity index (χ0n) is 5.66. The first-order chi connectivity index (χ1) is 4.86. The number of thioether (sulfide) groups is 1. The molecule has 1 aliphatic rings. The van der Waals surface area contributed by atoms with Crippen LogP contribution in [0.25, 0.3) is 0 Å². The summed E-state index contributed by atoms with van der Waals surface area (Å²) >= 11 is 1.70. The van der Waals surface area contributed by atoms with Crippen molar-refractivity contribution in [1.82, 2.24) is 0 Å².